The maximum atomic E-state index is 13.8. The predicted molar refractivity (Wildman–Crippen MR) is 136 cm³/mol. The topological polar surface area (TPSA) is 99.2 Å². The minimum atomic E-state index is -4.14. The number of amides is 1. The number of nitrogens with one attached hydrogen (secondary N) is 1. The molecule has 35 heavy (non-hydrogen) atoms. The van der Waals surface area contributed by atoms with Gasteiger partial charge < -0.3 is 9.64 Å². The minimum Gasteiger partial charge on any atom is -0.497 e. The van der Waals surface area contributed by atoms with Crippen LogP contribution in [-0.4, -0.2) is 48.5 Å². The van der Waals surface area contributed by atoms with E-state index in [4.69, 9.17) is 17.0 Å². The molecule has 182 valence electrons. The van der Waals surface area contributed by atoms with Crippen molar-refractivity contribution in [3.8, 4) is 5.75 Å². The van der Waals surface area contributed by atoms with Gasteiger partial charge in [-0.05, 0) is 48.4 Å². The first-order valence-electron chi connectivity index (χ1n) is 10.8. The fourth-order valence-electron chi connectivity index (χ4n) is 4.12. The predicted octanol–water partition coefficient (Wildman–Crippen LogP) is 3.26. The van der Waals surface area contributed by atoms with Crippen LogP contribution in [0, 0.1) is 6.92 Å². The molecule has 3 aromatic rings. The highest BCUT2D eigenvalue weighted by Gasteiger charge is 2.41. The van der Waals surface area contributed by atoms with Crippen LogP contribution in [0.25, 0.3) is 0 Å². The molecule has 8 nitrogen and oxygen atoms in total. The lowest BCUT2D eigenvalue weighted by Crippen LogP contribution is -2.53. The van der Waals surface area contributed by atoms with Gasteiger partial charge >= 0.3 is 0 Å². The Balaban J connectivity index is 1.84. The second-order valence-electron chi connectivity index (χ2n) is 8.08. The highest BCUT2D eigenvalue weighted by atomic mass is 32.2. The molecule has 3 aromatic carbocycles. The van der Waals surface area contributed by atoms with Crippen molar-refractivity contribution in [1.29, 1.82) is 0 Å². The monoisotopic (exact) mass is 511 g/mol. The van der Waals surface area contributed by atoms with Crippen LogP contribution in [0.5, 0.6) is 5.75 Å². The number of fused-ring (bicyclic) bond motifs is 1. The van der Waals surface area contributed by atoms with Gasteiger partial charge in [-0.15, -0.1) is 0 Å². The largest absolute Gasteiger partial charge is 0.497 e. The van der Waals surface area contributed by atoms with Crippen molar-refractivity contribution < 1.29 is 23.2 Å². The average molecular weight is 512 g/mol. The molecular weight excluding hydrogens is 486 g/mol. The zero-order chi connectivity index (χ0) is 25.2. The standard InChI is InChI=1S/C25H25N3O5S2/c1-17-7-3-5-9-21(17)25(34)27-16-23(24(29)26-30)28(15-18-8-4-6-10-22(18)27)35(31,32)20-13-11-19(33-2)12-14-20/h3-14,23,30H,15-16H2,1-2H3,(H,26,29). The Labute approximate surface area is 209 Å². The van der Waals surface area contributed by atoms with E-state index in [0.29, 0.717) is 22.0 Å². The number of rotatable bonds is 5. The van der Waals surface area contributed by atoms with Crippen molar-refractivity contribution in [2.24, 2.45) is 0 Å². The molecule has 1 aliphatic heterocycles. The summed E-state index contributed by atoms with van der Waals surface area (Å²) in [6.07, 6.45) is 0. The quantitative estimate of drug-likeness (QED) is 0.308. The molecule has 10 heteroatoms. The zero-order valence-corrected chi connectivity index (χ0v) is 20.8. The molecule has 4 rings (SSSR count). The van der Waals surface area contributed by atoms with E-state index in [1.165, 1.54) is 19.2 Å². The number of aryl methyl sites for hydroxylation is 1. The molecule has 0 aromatic heterocycles. The van der Waals surface area contributed by atoms with Gasteiger partial charge in [-0.3, -0.25) is 10.0 Å². The Kier molecular flexibility index (Phi) is 7.18. The Hall–Kier alpha value is -3.31. The highest BCUT2D eigenvalue weighted by Crippen LogP contribution is 2.33. The Morgan fingerprint density at radius 3 is 2.37 bits per heavy atom. The van der Waals surface area contributed by atoms with E-state index < -0.39 is 22.0 Å². The first kappa shape index (κ1) is 24.8. The van der Waals surface area contributed by atoms with Gasteiger partial charge in [-0.2, -0.15) is 4.31 Å². The number of methoxy groups -OCH3 is 1. The van der Waals surface area contributed by atoms with Crippen LogP contribution < -0.4 is 15.1 Å². The van der Waals surface area contributed by atoms with Crippen molar-refractivity contribution in [1.82, 2.24) is 9.79 Å². The van der Waals surface area contributed by atoms with Crippen LogP contribution in [-0.2, 0) is 21.4 Å². The molecule has 1 amide bonds. The fraction of sp³-hybridized carbons (Fsp3) is 0.200. The second-order valence-corrected chi connectivity index (χ2v) is 10.4. The van der Waals surface area contributed by atoms with E-state index >= 15 is 0 Å². The summed E-state index contributed by atoms with van der Waals surface area (Å²) in [4.78, 5) is 15.1. The van der Waals surface area contributed by atoms with Gasteiger partial charge in [-0.1, -0.05) is 54.7 Å². The summed E-state index contributed by atoms with van der Waals surface area (Å²) >= 11 is 5.84. The van der Waals surface area contributed by atoms with Crippen LogP contribution in [0.2, 0.25) is 0 Å². The van der Waals surface area contributed by atoms with Gasteiger partial charge in [0.15, 0.2) is 0 Å². The SMILES string of the molecule is COc1ccc(S(=O)(=O)N2Cc3ccccc3N(C(=S)c3ccccc3C)CC2C(=O)NO)cc1. The lowest BCUT2D eigenvalue weighted by Gasteiger charge is -2.31. The molecule has 1 unspecified atom stereocenters. The van der Waals surface area contributed by atoms with Crippen molar-refractivity contribution >= 4 is 38.8 Å². The van der Waals surface area contributed by atoms with E-state index in [1.807, 2.05) is 43.3 Å². The summed E-state index contributed by atoms with van der Waals surface area (Å²) in [7, 11) is -2.65. The molecule has 0 radical (unpaired) electrons. The van der Waals surface area contributed by atoms with E-state index in [1.54, 1.807) is 34.6 Å². The number of hydrogen-bond donors (Lipinski definition) is 2. The van der Waals surface area contributed by atoms with Crippen molar-refractivity contribution in [2.45, 2.75) is 24.4 Å². The van der Waals surface area contributed by atoms with Crippen LogP contribution in [0.1, 0.15) is 16.7 Å². The summed E-state index contributed by atoms with van der Waals surface area (Å²) in [5.74, 6) is -0.350. The maximum Gasteiger partial charge on any atom is 0.263 e. The number of thiocarbonyl (C=S) groups is 1. The van der Waals surface area contributed by atoms with Gasteiger partial charge in [0, 0.05) is 24.3 Å². The number of hydroxylamine groups is 1. The highest BCUT2D eigenvalue weighted by molar-refractivity contribution is 7.89. The van der Waals surface area contributed by atoms with Crippen molar-refractivity contribution in [2.75, 3.05) is 18.6 Å². The van der Waals surface area contributed by atoms with Crippen molar-refractivity contribution in [3.63, 3.8) is 0 Å². The number of sulfonamides is 1. The number of carbonyl (C=O) groups is 1. The van der Waals surface area contributed by atoms with Crippen molar-refractivity contribution in [3.05, 3.63) is 89.5 Å². The number of anilines is 1. The molecule has 0 saturated carbocycles. The zero-order valence-electron chi connectivity index (χ0n) is 19.2. The molecule has 1 aliphatic rings. The molecule has 0 fully saturated rings. The molecule has 1 heterocycles. The van der Waals surface area contributed by atoms with Crippen LogP contribution in [0.4, 0.5) is 5.69 Å². The Morgan fingerprint density at radius 2 is 1.71 bits per heavy atom. The van der Waals surface area contributed by atoms with Gasteiger partial charge in [0.2, 0.25) is 10.0 Å². The molecule has 0 spiro atoms. The molecule has 0 bridgehead atoms. The van der Waals surface area contributed by atoms with E-state index in [-0.39, 0.29) is 18.0 Å². The third-order valence-corrected chi connectivity index (χ3v) is 8.32. The average Bonchev–Trinajstić information content (AvgIpc) is 3.06. The number of benzene rings is 3. The minimum absolute atomic E-state index is 0.00134. The first-order chi connectivity index (χ1) is 16.8. The lowest BCUT2D eigenvalue weighted by molar-refractivity contribution is -0.132. The number of para-hydroxylation sites is 1. The Bertz CT molecular complexity index is 1360. The van der Waals surface area contributed by atoms with Gasteiger partial charge in [0.25, 0.3) is 5.91 Å². The summed E-state index contributed by atoms with van der Waals surface area (Å²) in [6.45, 7) is 1.76. The second kappa shape index (κ2) is 10.1. The summed E-state index contributed by atoms with van der Waals surface area (Å²) < 4.78 is 33.7. The number of nitrogens with zero attached hydrogens (tertiary/aromatic N) is 2. The van der Waals surface area contributed by atoms with Gasteiger partial charge in [0.05, 0.1) is 12.0 Å². The van der Waals surface area contributed by atoms with E-state index in [0.717, 1.165) is 15.4 Å². The summed E-state index contributed by atoms with van der Waals surface area (Å²) in [5.41, 5.74) is 4.76. The third-order valence-electron chi connectivity index (χ3n) is 6.01. The normalized spacial score (nSPS) is 16.2. The summed E-state index contributed by atoms with van der Waals surface area (Å²) in [6, 6.07) is 19.6. The molecule has 1 atom stereocenters. The third kappa shape index (κ3) is 4.78. The van der Waals surface area contributed by atoms with Gasteiger partial charge in [0.1, 0.15) is 16.8 Å². The summed E-state index contributed by atoms with van der Waals surface area (Å²) in [5, 5.41) is 9.52. The number of ether oxygens (including phenoxy) is 1. The maximum absolute atomic E-state index is 13.8. The molecular formula is C25H25N3O5S2. The molecule has 2 N–H and O–H groups in total. The lowest BCUT2D eigenvalue weighted by atomic mass is 10.1. The first-order valence-corrected chi connectivity index (χ1v) is 12.7. The van der Waals surface area contributed by atoms with Crippen LogP contribution in [0.15, 0.2) is 77.7 Å². The van der Waals surface area contributed by atoms with E-state index in [9.17, 15) is 18.4 Å². The van der Waals surface area contributed by atoms with Crippen LogP contribution >= 0.6 is 12.2 Å². The van der Waals surface area contributed by atoms with Gasteiger partial charge in [-0.25, -0.2) is 13.9 Å². The molecule has 0 saturated heterocycles. The fourth-order valence-corrected chi connectivity index (χ4v) is 6.08. The number of carbonyl (C=O) groups excluding carboxylic acids is 1. The van der Waals surface area contributed by atoms with Crippen LogP contribution in [0.3, 0.4) is 0 Å². The number of hydrogen-bond acceptors (Lipinski definition) is 6. The van der Waals surface area contributed by atoms with E-state index in [2.05, 4.69) is 0 Å². The molecule has 0 aliphatic carbocycles. The smallest absolute Gasteiger partial charge is 0.263 e. The Morgan fingerprint density at radius 1 is 1.06 bits per heavy atom.